The third-order valence-corrected chi connectivity index (χ3v) is 2.22. The molecule has 0 spiro atoms. The summed E-state index contributed by atoms with van der Waals surface area (Å²) in [5.74, 6) is 5.66. The maximum Gasteiger partial charge on any atom is 0.184 e. The average Bonchev–Trinajstić information content (AvgIpc) is 2.84. The number of carbonyl (C=O) groups excluding carboxylic acids is 1. The summed E-state index contributed by atoms with van der Waals surface area (Å²) in [7, 11) is 0. The number of carbonyl (C=O) groups is 1. The van der Waals surface area contributed by atoms with Crippen molar-refractivity contribution in [3.8, 4) is 11.8 Å². The van der Waals surface area contributed by atoms with E-state index >= 15 is 0 Å². The number of hydrogen-bond acceptors (Lipinski definition) is 3. The fourth-order valence-electron chi connectivity index (χ4n) is 1.47. The van der Waals surface area contributed by atoms with Gasteiger partial charge < -0.3 is 14.3 Å². The first-order valence-corrected chi connectivity index (χ1v) is 5.16. The Balaban J connectivity index is 2.04. The Bertz CT molecular complexity index is 405. The Kier molecular flexibility index (Phi) is 3.71. The van der Waals surface area contributed by atoms with Crippen molar-refractivity contribution in [3.05, 3.63) is 35.4 Å². The Morgan fingerprint density at radius 3 is 2.56 bits per heavy atom. The highest BCUT2D eigenvalue weighted by Gasteiger charge is 2.17. The maximum atomic E-state index is 10.1. The Hall–Kier alpha value is -1.63. The number of benzene rings is 1. The molecule has 2 rings (SSSR count). The highest BCUT2D eigenvalue weighted by Crippen LogP contribution is 2.22. The first-order chi connectivity index (χ1) is 7.90. The summed E-state index contributed by atoms with van der Waals surface area (Å²) in [4.78, 5) is 10.1. The second-order valence-corrected chi connectivity index (χ2v) is 3.37. The minimum atomic E-state index is -0.239. The van der Waals surface area contributed by atoms with Crippen molar-refractivity contribution in [2.45, 2.75) is 12.7 Å². The fraction of sp³-hybridized carbons (Fsp3) is 0.308. The van der Waals surface area contributed by atoms with Gasteiger partial charge in [0.25, 0.3) is 0 Å². The van der Waals surface area contributed by atoms with Gasteiger partial charge >= 0.3 is 0 Å². The standard InChI is InChI=1S/C13H12O3/c14-8-2-1-3-11-4-6-12(7-5-11)13-15-9-10-16-13/h4-8,13H,2,9-10H2. The van der Waals surface area contributed by atoms with Crippen LogP contribution in [0.1, 0.15) is 23.8 Å². The molecule has 0 aliphatic carbocycles. The molecule has 1 heterocycles. The van der Waals surface area contributed by atoms with Crippen LogP contribution in [0.4, 0.5) is 0 Å². The topological polar surface area (TPSA) is 35.5 Å². The molecule has 16 heavy (non-hydrogen) atoms. The SMILES string of the molecule is O=CCC#Cc1ccc(C2OCCO2)cc1. The normalized spacial score (nSPS) is 15.5. The average molecular weight is 216 g/mol. The third kappa shape index (κ3) is 2.69. The number of aldehydes is 1. The largest absolute Gasteiger partial charge is 0.346 e. The molecule has 1 aromatic rings. The summed E-state index contributed by atoms with van der Waals surface area (Å²) >= 11 is 0. The Morgan fingerprint density at radius 1 is 1.25 bits per heavy atom. The molecule has 0 radical (unpaired) electrons. The van der Waals surface area contributed by atoms with Gasteiger partial charge in [-0.05, 0) is 12.1 Å². The van der Waals surface area contributed by atoms with E-state index in [9.17, 15) is 4.79 Å². The summed E-state index contributed by atoms with van der Waals surface area (Å²) in [5.41, 5.74) is 1.89. The van der Waals surface area contributed by atoms with Gasteiger partial charge in [-0.1, -0.05) is 24.0 Å². The van der Waals surface area contributed by atoms with Crippen molar-refractivity contribution in [1.82, 2.24) is 0 Å². The van der Waals surface area contributed by atoms with Gasteiger partial charge in [-0.15, -0.1) is 0 Å². The predicted octanol–water partition coefficient (Wildman–Crippen LogP) is 1.67. The molecule has 3 heteroatoms. The lowest BCUT2D eigenvalue weighted by molar-refractivity contribution is -0.107. The molecule has 1 aliphatic heterocycles. The Morgan fingerprint density at radius 2 is 1.94 bits per heavy atom. The van der Waals surface area contributed by atoms with Crippen LogP contribution in [0.15, 0.2) is 24.3 Å². The van der Waals surface area contributed by atoms with Gasteiger partial charge in [0.15, 0.2) is 6.29 Å². The molecule has 0 unspecified atom stereocenters. The van der Waals surface area contributed by atoms with E-state index in [1.165, 1.54) is 0 Å². The summed E-state index contributed by atoms with van der Waals surface area (Å²) in [6, 6.07) is 7.66. The fourth-order valence-corrected chi connectivity index (χ4v) is 1.47. The Labute approximate surface area is 94.4 Å². The second-order valence-electron chi connectivity index (χ2n) is 3.37. The van der Waals surface area contributed by atoms with Gasteiger partial charge in [0.2, 0.25) is 0 Å². The van der Waals surface area contributed by atoms with Crippen LogP contribution in [0.2, 0.25) is 0 Å². The zero-order valence-corrected chi connectivity index (χ0v) is 8.81. The minimum absolute atomic E-state index is 0.239. The lowest BCUT2D eigenvalue weighted by Gasteiger charge is -2.08. The van der Waals surface area contributed by atoms with Crippen molar-refractivity contribution >= 4 is 6.29 Å². The summed E-state index contributed by atoms with van der Waals surface area (Å²) in [5, 5.41) is 0. The van der Waals surface area contributed by atoms with E-state index in [0.717, 1.165) is 17.4 Å². The molecule has 1 saturated heterocycles. The highest BCUT2D eigenvalue weighted by molar-refractivity contribution is 5.55. The molecular weight excluding hydrogens is 204 g/mol. The number of ether oxygens (including phenoxy) is 2. The van der Waals surface area contributed by atoms with Crippen LogP contribution in [0.5, 0.6) is 0 Å². The third-order valence-electron chi connectivity index (χ3n) is 2.22. The quantitative estimate of drug-likeness (QED) is 0.557. The zero-order chi connectivity index (χ0) is 11.2. The van der Waals surface area contributed by atoms with Crippen LogP contribution in [0.3, 0.4) is 0 Å². The van der Waals surface area contributed by atoms with Gasteiger partial charge in [0.05, 0.1) is 19.6 Å². The van der Waals surface area contributed by atoms with E-state index in [1.54, 1.807) is 0 Å². The van der Waals surface area contributed by atoms with Crippen LogP contribution < -0.4 is 0 Å². The van der Waals surface area contributed by atoms with E-state index in [1.807, 2.05) is 24.3 Å². The molecule has 0 atom stereocenters. The van der Waals surface area contributed by atoms with Crippen LogP contribution in [0, 0.1) is 11.8 Å². The van der Waals surface area contributed by atoms with Crippen molar-refractivity contribution < 1.29 is 14.3 Å². The van der Waals surface area contributed by atoms with Gasteiger partial charge in [0.1, 0.15) is 6.29 Å². The second kappa shape index (κ2) is 5.45. The van der Waals surface area contributed by atoms with Crippen LogP contribution in [-0.2, 0) is 14.3 Å². The molecule has 1 fully saturated rings. The minimum Gasteiger partial charge on any atom is -0.346 e. The lowest BCUT2D eigenvalue weighted by Crippen LogP contribution is -1.97. The number of rotatable bonds is 2. The molecule has 0 bridgehead atoms. The number of hydrogen-bond donors (Lipinski definition) is 0. The van der Waals surface area contributed by atoms with E-state index in [4.69, 9.17) is 9.47 Å². The van der Waals surface area contributed by atoms with Crippen molar-refractivity contribution in [1.29, 1.82) is 0 Å². The van der Waals surface area contributed by atoms with E-state index in [-0.39, 0.29) is 12.7 Å². The molecule has 1 aliphatic rings. The molecule has 0 N–H and O–H groups in total. The van der Waals surface area contributed by atoms with Crippen LogP contribution in [0.25, 0.3) is 0 Å². The predicted molar refractivity (Wildman–Crippen MR) is 58.6 cm³/mol. The van der Waals surface area contributed by atoms with Gasteiger partial charge in [0, 0.05) is 11.1 Å². The van der Waals surface area contributed by atoms with Crippen LogP contribution >= 0.6 is 0 Å². The molecule has 0 aromatic heterocycles. The molecule has 3 nitrogen and oxygen atoms in total. The van der Waals surface area contributed by atoms with Gasteiger partial charge in [-0.3, -0.25) is 0 Å². The van der Waals surface area contributed by atoms with Crippen molar-refractivity contribution in [2.75, 3.05) is 13.2 Å². The summed E-state index contributed by atoms with van der Waals surface area (Å²) in [6.07, 6.45) is 0.829. The molecule has 0 saturated carbocycles. The van der Waals surface area contributed by atoms with E-state index in [0.29, 0.717) is 13.2 Å². The van der Waals surface area contributed by atoms with Crippen molar-refractivity contribution in [3.63, 3.8) is 0 Å². The molecule has 1 aromatic carbocycles. The summed E-state index contributed by atoms with van der Waals surface area (Å²) < 4.78 is 10.7. The molecular formula is C13H12O3. The lowest BCUT2D eigenvalue weighted by atomic mass is 10.1. The van der Waals surface area contributed by atoms with E-state index < -0.39 is 0 Å². The van der Waals surface area contributed by atoms with Gasteiger partial charge in [-0.25, -0.2) is 0 Å². The van der Waals surface area contributed by atoms with Crippen molar-refractivity contribution in [2.24, 2.45) is 0 Å². The first kappa shape index (κ1) is 10.9. The van der Waals surface area contributed by atoms with Crippen LogP contribution in [-0.4, -0.2) is 19.5 Å². The maximum absolute atomic E-state index is 10.1. The molecule has 82 valence electrons. The smallest absolute Gasteiger partial charge is 0.184 e. The monoisotopic (exact) mass is 216 g/mol. The zero-order valence-electron chi connectivity index (χ0n) is 8.81. The summed E-state index contributed by atoms with van der Waals surface area (Å²) in [6.45, 7) is 1.29. The van der Waals surface area contributed by atoms with Gasteiger partial charge in [-0.2, -0.15) is 0 Å². The molecule has 0 amide bonds. The van der Waals surface area contributed by atoms with E-state index in [2.05, 4.69) is 11.8 Å². The highest BCUT2D eigenvalue weighted by atomic mass is 16.7. The first-order valence-electron chi connectivity index (χ1n) is 5.16.